The number of carbonyl (C=O) groups is 1. The minimum absolute atomic E-state index is 0.0586. The zero-order valence-corrected chi connectivity index (χ0v) is 21.3. The molecule has 2 aromatic carbocycles. The van der Waals surface area contributed by atoms with Gasteiger partial charge in [0, 0.05) is 11.1 Å². The average molecular weight is 449 g/mol. The van der Waals surface area contributed by atoms with E-state index in [0.29, 0.717) is 5.56 Å². The highest BCUT2D eigenvalue weighted by Gasteiger charge is 2.40. The minimum atomic E-state index is -0.903. The molecule has 1 aliphatic rings. The predicted molar refractivity (Wildman–Crippen MR) is 138 cm³/mol. The molecule has 33 heavy (non-hydrogen) atoms. The number of fused-ring (bicyclic) bond motifs is 1. The van der Waals surface area contributed by atoms with Gasteiger partial charge in [-0.25, -0.2) is 4.79 Å². The van der Waals surface area contributed by atoms with Crippen LogP contribution in [0.15, 0.2) is 30.3 Å². The van der Waals surface area contributed by atoms with E-state index < -0.39 is 5.97 Å². The molecule has 0 aliphatic heterocycles. The highest BCUT2D eigenvalue weighted by Crippen LogP contribution is 2.51. The molecule has 3 heteroatoms. The summed E-state index contributed by atoms with van der Waals surface area (Å²) in [4.78, 5) is 11.2. The van der Waals surface area contributed by atoms with E-state index in [1.165, 1.54) is 42.4 Å². The molecule has 0 heterocycles. The van der Waals surface area contributed by atoms with Crippen LogP contribution in [0.5, 0.6) is 5.75 Å². The Balaban J connectivity index is 2.05. The number of hydrogen-bond donors (Lipinski definition) is 1. The van der Waals surface area contributed by atoms with Crippen molar-refractivity contribution in [3.05, 3.63) is 63.7 Å². The van der Waals surface area contributed by atoms with Crippen LogP contribution in [0.3, 0.4) is 0 Å². The van der Waals surface area contributed by atoms with Crippen LogP contribution in [0.2, 0.25) is 0 Å². The summed E-state index contributed by atoms with van der Waals surface area (Å²) in [5.74, 6) is 0.136. The minimum Gasteiger partial charge on any atom is -0.493 e. The smallest absolute Gasteiger partial charge is 0.335 e. The van der Waals surface area contributed by atoms with E-state index >= 15 is 0 Å². The summed E-state index contributed by atoms with van der Waals surface area (Å²) in [7, 11) is 0. The SMILES string of the molecule is CCCCCCOc1c(C=Cc2ccc(C(=O)O)cc2)c(C)cc2c1C(C)(C)CCC2(C)C. The predicted octanol–water partition coefficient (Wildman–Crippen LogP) is 8.17. The van der Waals surface area contributed by atoms with Crippen LogP contribution in [0.1, 0.15) is 111 Å². The van der Waals surface area contributed by atoms with Crippen molar-refractivity contribution in [1.29, 1.82) is 0 Å². The van der Waals surface area contributed by atoms with E-state index in [2.05, 4.69) is 59.8 Å². The summed E-state index contributed by atoms with van der Waals surface area (Å²) >= 11 is 0. The Kier molecular flexibility index (Phi) is 7.72. The fraction of sp³-hybridized carbons (Fsp3) is 0.500. The van der Waals surface area contributed by atoms with Gasteiger partial charge in [0.05, 0.1) is 12.2 Å². The lowest BCUT2D eigenvalue weighted by atomic mass is 9.62. The first kappa shape index (κ1) is 25.1. The maximum absolute atomic E-state index is 11.2. The first-order valence-corrected chi connectivity index (χ1v) is 12.4. The van der Waals surface area contributed by atoms with Gasteiger partial charge < -0.3 is 9.84 Å². The molecule has 2 aromatic rings. The Bertz CT molecular complexity index is 1010. The Morgan fingerprint density at radius 1 is 1.00 bits per heavy atom. The number of carboxylic acid groups (broad SMARTS) is 1. The number of hydrogen-bond acceptors (Lipinski definition) is 2. The molecule has 1 aliphatic carbocycles. The molecule has 0 amide bonds. The first-order valence-electron chi connectivity index (χ1n) is 12.4. The van der Waals surface area contributed by atoms with Crippen molar-refractivity contribution in [2.75, 3.05) is 6.61 Å². The van der Waals surface area contributed by atoms with Gasteiger partial charge in [-0.3, -0.25) is 0 Å². The van der Waals surface area contributed by atoms with Gasteiger partial charge in [0.15, 0.2) is 0 Å². The van der Waals surface area contributed by atoms with Crippen LogP contribution >= 0.6 is 0 Å². The molecule has 0 bridgehead atoms. The van der Waals surface area contributed by atoms with Gasteiger partial charge in [-0.15, -0.1) is 0 Å². The molecule has 0 spiro atoms. The molecular weight excluding hydrogens is 408 g/mol. The van der Waals surface area contributed by atoms with Gasteiger partial charge in [0.2, 0.25) is 0 Å². The summed E-state index contributed by atoms with van der Waals surface area (Å²) < 4.78 is 6.60. The number of carboxylic acids is 1. The Morgan fingerprint density at radius 2 is 1.67 bits per heavy atom. The van der Waals surface area contributed by atoms with Crippen LogP contribution in [0.25, 0.3) is 12.2 Å². The standard InChI is InChI=1S/C30H40O3/c1-7-8-9-10-19-33-27-24(16-13-22-11-14-23(15-12-22)28(31)32)21(2)20-25-26(27)30(5,6)18-17-29(25,3)4/h11-16,20H,7-10,17-19H2,1-6H3,(H,31,32). The summed E-state index contributed by atoms with van der Waals surface area (Å²) in [6.07, 6.45) is 11.2. The van der Waals surface area contributed by atoms with Gasteiger partial charge in [0.25, 0.3) is 0 Å². The topological polar surface area (TPSA) is 46.5 Å². The van der Waals surface area contributed by atoms with E-state index in [-0.39, 0.29) is 10.8 Å². The molecule has 0 radical (unpaired) electrons. The maximum Gasteiger partial charge on any atom is 0.335 e. The van der Waals surface area contributed by atoms with Crippen molar-refractivity contribution >= 4 is 18.1 Å². The second-order valence-electron chi connectivity index (χ2n) is 10.8. The Labute approximate surface area is 199 Å². The lowest BCUT2D eigenvalue weighted by molar-refractivity contribution is 0.0697. The van der Waals surface area contributed by atoms with E-state index in [0.717, 1.165) is 36.3 Å². The summed E-state index contributed by atoms with van der Waals surface area (Å²) in [5.41, 5.74) is 6.61. The number of ether oxygens (including phenoxy) is 1. The van der Waals surface area contributed by atoms with Crippen molar-refractivity contribution in [3.8, 4) is 5.75 Å². The van der Waals surface area contributed by atoms with Crippen molar-refractivity contribution in [3.63, 3.8) is 0 Å². The summed E-state index contributed by atoms with van der Waals surface area (Å²) in [5, 5.41) is 9.16. The van der Waals surface area contributed by atoms with Gasteiger partial charge in [-0.2, -0.15) is 0 Å². The highest BCUT2D eigenvalue weighted by atomic mass is 16.5. The molecule has 0 aromatic heterocycles. The first-order chi connectivity index (χ1) is 15.6. The van der Waals surface area contributed by atoms with E-state index in [9.17, 15) is 4.79 Å². The second kappa shape index (κ2) is 10.2. The molecule has 0 saturated heterocycles. The zero-order valence-electron chi connectivity index (χ0n) is 21.3. The van der Waals surface area contributed by atoms with E-state index in [1.807, 2.05) is 12.1 Å². The molecule has 3 nitrogen and oxygen atoms in total. The van der Waals surface area contributed by atoms with E-state index in [4.69, 9.17) is 9.84 Å². The fourth-order valence-electron chi connectivity index (χ4n) is 4.87. The van der Waals surface area contributed by atoms with Crippen molar-refractivity contribution in [2.24, 2.45) is 0 Å². The molecule has 3 rings (SSSR count). The van der Waals surface area contributed by atoms with Crippen molar-refractivity contribution in [2.45, 2.75) is 90.9 Å². The molecule has 178 valence electrons. The van der Waals surface area contributed by atoms with Crippen LogP contribution in [0, 0.1) is 6.92 Å². The summed E-state index contributed by atoms with van der Waals surface area (Å²) in [6.45, 7) is 14.5. The summed E-state index contributed by atoms with van der Waals surface area (Å²) in [6, 6.07) is 9.38. The number of benzene rings is 2. The van der Waals surface area contributed by atoms with Gasteiger partial charge in [-0.1, -0.05) is 84.2 Å². The van der Waals surface area contributed by atoms with Crippen molar-refractivity contribution < 1.29 is 14.6 Å². The van der Waals surface area contributed by atoms with Crippen LogP contribution < -0.4 is 4.74 Å². The van der Waals surface area contributed by atoms with Gasteiger partial charge >= 0.3 is 5.97 Å². The quantitative estimate of drug-likeness (QED) is 0.311. The number of aryl methyl sites for hydroxylation is 1. The number of rotatable bonds is 9. The van der Waals surface area contributed by atoms with Crippen LogP contribution in [0.4, 0.5) is 0 Å². The van der Waals surface area contributed by atoms with Gasteiger partial charge in [0.1, 0.15) is 5.75 Å². The molecule has 0 unspecified atom stereocenters. The maximum atomic E-state index is 11.2. The largest absolute Gasteiger partial charge is 0.493 e. The molecule has 0 fully saturated rings. The Hall–Kier alpha value is -2.55. The molecule has 0 saturated carbocycles. The third-order valence-electron chi connectivity index (χ3n) is 7.15. The van der Waals surface area contributed by atoms with Crippen LogP contribution in [-0.2, 0) is 10.8 Å². The normalized spacial score (nSPS) is 16.5. The third kappa shape index (κ3) is 5.69. The molecule has 0 atom stereocenters. The lowest BCUT2D eigenvalue weighted by Crippen LogP contribution is -2.35. The highest BCUT2D eigenvalue weighted by molar-refractivity contribution is 5.88. The Morgan fingerprint density at radius 3 is 2.30 bits per heavy atom. The average Bonchev–Trinajstić information content (AvgIpc) is 2.76. The zero-order chi connectivity index (χ0) is 24.2. The number of aromatic carboxylic acids is 1. The molecule has 1 N–H and O–H groups in total. The van der Waals surface area contributed by atoms with Crippen LogP contribution in [-0.4, -0.2) is 17.7 Å². The number of unbranched alkanes of at least 4 members (excludes halogenated alkanes) is 3. The van der Waals surface area contributed by atoms with E-state index in [1.54, 1.807) is 12.1 Å². The van der Waals surface area contributed by atoms with Crippen molar-refractivity contribution in [1.82, 2.24) is 0 Å². The third-order valence-corrected chi connectivity index (χ3v) is 7.15. The fourth-order valence-corrected chi connectivity index (χ4v) is 4.87. The monoisotopic (exact) mass is 448 g/mol. The molecular formula is C30H40O3. The second-order valence-corrected chi connectivity index (χ2v) is 10.8. The lowest BCUT2D eigenvalue weighted by Gasteiger charge is -2.43. The van der Waals surface area contributed by atoms with Gasteiger partial charge in [-0.05, 0) is 65.8 Å².